The number of rotatable bonds is 6. The molecule has 2 atom stereocenters. The van der Waals surface area contributed by atoms with Gasteiger partial charge in [0.1, 0.15) is 11.9 Å². The quantitative estimate of drug-likeness (QED) is 0.696. The van der Waals surface area contributed by atoms with Crippen molar-refractivity contribution in [2.24, 2.45) is 5.92 Å². The smallest absolute Gasteiger partial charge is 0.251 e. The fourth-order valence-corrected chi connectivity index (χ4v) is 2.91. The number of nitrogens with one attached hydrogen (secondary N) is 2. The van der Waals surface area contributed by atoms with Crippen molar-refractivity contribution in [3.05, 3.63) is 71.4 Å². The van der Waals surface area contributed by atoms with Gasteiger partial charge < -0.3 is 15.7 Å². The molecule has 3 N–H and O–H groups in total. The number of anilines is 1. The molecule has 2 aromatic rings. The molecule has 0 fully saturated rings. The van der Waals surface area contributed by atoms with E-state index < -0.39 is 0 Å². The number of amides is 1. The first-order chi connectivity index (χ1) is 12.7. The molecular weight excluding hydrogens is 328 g/mol. The molecule has 0 aliphatic heterocycles. The minimum atomic E-state index is -0.143. The predicted molar refractivity (Wildman–Crippen MR) is 98.3 cm³/mol. The Balaban J connectivity index is 1.62. The standard InChI is InChI=1S/C20H20N4O2/c21-11-17-5-2-8-22-19(17)23-12-14-3-1-4-16(9-14)20(26)24-18-7-6-15(10-18)13-25/h1-9,15,18,25H,10,12-13H2,(H,22,23)(H,24,26)/t15-,18+/m0/s1. The van der Waals surface area contributed by atoms with Gasteiger partial charge >= 0.3 is 0 Å². The van der Waals surface area contributed by atoms with Crippen LogP contribution in [0.1, 0.15) is 27.9 Å². The van der Waals surface area contributed by atoms with Crippen LogP contribution in [-0.4, -0.2) is 28.6 Å². The highest BCUT2D eigenvalue weighted by atomic mass is 16.3. The van der Waals surface area contributed by atoms with Gasteiger partial charge in [-0.2, -0.15) is 5.26 Å². The Bertz CT molecular complexity index is 857. The maximum atomic E-state index is 12.4. The first kappa shape index (κ1) is 17.6. The Labute approximate surface area is 152 Å². The van der Waals surface area contributed by atoms with Crippen molar-refractivity contribution in [2.75, 3.05) is 11.9 Å². The lowest BCUT2D eigenvalue weighted by Crippen LogP contribution is -2.33. The number of aromatic nitrogens is 1. The van der Waals surface area contributed by atoms with Crippen LogP contribution in [0.15, 0.2) is 54.7 Å². The number of aliphatic hydroxyl groups excluding tert-OH is 1. The molecular formula is C20H20N4O2. The lowest BCUT2D eigenvalue weighted by atomic mass is 10.1. The van der Waals surface area contributed by atoms with Gasteiger partial charge in [-0.05, 0) is 36.2 Å². The van der Waals surface area contributed by atoms with E-state index in [-0.39, 0.29) is 24.5 Å². The summed E-state index contributed by atoms with van der Waals surface area (Å²) >= 11 is 0. The maximum absolute atomic E-state index is 12.4. The van der Waals surface area contributed by atoms with Gasteiger partial charge in [0, 0.05) is 36.9 Å². The van der Waals surface area contributed by atoms with Crippen LogP contribution in [-0.2, 0) is 6.54 Å². The molecule has 26 heavy (non-hydrogen) atoms. The molecule has 1 aromatic heterocycles. The van der Waals surface area contributed by atoms with Gasteiger partial charge in [0.2, 0.25) is 0 Å². The van der Waals surface area contributed by atoms with Crippen molar-refractivity contribution in [3.8, 4) is 6.07 Å². The number of hydrogen-bond donors (Lipinski definition) is 3. The first-order valence-electron chi connectivity index (χ1n) is 8.47. The van der Waals surface area contributed by atoms with Crippen molar-refractivity contribution in [2.45, 2.75) is 19.0 Å². The SMILES string of the molecule is N#Cc1cccnc1NCc1cccc(C(=O)N[C@@H]2C=C[C@H](CO)C2)c1. The molecule has 6 heteroatoms. The number of aliphatic hydroxyl groups is 1. The van der Waals surface area contributed by atoms with Gasteiger partial charge in [-0.3, -0.25) is 4.79 Å². The van der Waals surface area contributed by atoms with E-state index in [1.807, 2.05) is 30.4 Å². The molecule has 0 unspecified atom stereocenters. The average Bonchev–Trinajstić information content (AvgIpc) is 3.14. The third-order valence-electron chi connectivity index (χ3n) is 4.30. The maximum Gasteiger partial charge on any atom is 0.251 e. The van der Waals surface area contributed by atoms with Gasteiger partial charge in [-0.15, -0.1) is 0 Å². The van der Waals surface area contributed by atoms with Gasteiger partial charge in [0.05, 0.1) is 5.56 Å². The fraction of sp³-hybridized carbons (Fsp3) is 0.250. The van der Waals surface area contributed by atoms with E-state index in [0.29, 0.717) is 23.5 Å². The molecule has 0 bridgehead atoms. The van der Waals surface area contributed by atoms with Crippen molar-refractivity contribution in [1.29, 1.82) is 5.26 Å². The summed E-state index contributed by atoms with van der Waals surface area (Å²) in [6.45, 7) is 0.560. The highest BCUT2D eigenvalue weighted by Crippen LogP contribution is 2.18. The summed E-state index contributed by atoms with van der Waals surface area (Å²) in [7, 11) is 0. The van der Waals surface area contributed by atoms with E-state index in [2.05, 4.69) is 21.7 Å². The molecule has 0 saturated heterocycles. The molecule has 1 aliphatic rings. The van der Waals surface area contributed by atoms with E-state index >= 15 is 0 Å². The van der Waals surface area contributed by atoms with Gasteiger partial charge in [-0.25, -0.2) is 4.98 Å². The number of carbonyl (C=O) groups excluding carboxylic acids is 1. The summed E-state index contributed by atoms with van der Waals surface area (Å²) in [5.41, 5.74) is 1.97. The van der Waals surface area contributed by atoms with Crippen LogP contribution in [0.5, 0.6) is 0 Å². The average molecular weight is 348 g/mol. The summed E-state index contributed by atoms with van der Waals surface area (Å²) in [6, 6.07) is 12.8. The van der Waals surface area contributed by atoms with Crippen LogP contribution >= 0.6 is 0 Å². The number of nitriles is 1. The van der Waals surface area contributed by atoms with Gasteiger partial charge in [0.25, 0.3) is 5.91 Å². The molecule has 132 valence electrons. The summed E-state index contributed by atoms with van der Waals surface area (Å²) in [4.78, 5) is 16.6. The molecule has 0 saturated carbocycles. The van der Waals surface area contributed by atoms with Crippen molar-refractivity contribution in [3.63, 3.8) is 0 Å². The number of carbonyl (C=O) groups is 1. The first-order valence-corrected chi connectivity index (χ1v) is 8.47. The Morgan fingerprint density at radius 2 is 2.19 bits per heavy atom. The summed E-state index contributed by atoms with van der Waals surface area (Å²) in [5, 5.41) is 24.4. The molecule has 1 heterocycles. The Kier molecular flexibility index (Phi) is 5.62. The van der Waals surface area contributed by atoms with Crippen molar-refractivity contribution in [1.82, 2.24) is 10.3 Å². The van der Waals surface area contributed by atoms with Crippen molar-refractivity contribution < 1.29 is 9.90 Å². The van der Waals surface area contributed by atoms with Crippen LogP contribution in [0, 0.1) is 17.2 Å². The van der Waals surface area contributed by atoms with Crippen LogP contribution in [0.2, 0.25) is 0 Å². The zero-order chi connectivity index (χ0) is 18.4. The lowest BCUT2D eigenvalue weighted by Gasteiger charge is -2.13. The predicted octanol–water partition coefficient (Wildman–Crippen LogP) is 2.23. The highest BCUT2D eigenvalue weighted by molar-refractivity contribution is 5.94. The Morgan fingerprint density at radius 1 is 1.31 bits per heavy atom. The molecule has 6 nitrogen and oxygen atoms in total. The Morgan fingerprint density at radius 3 is 2.96 bits per heavy atom. The number of hydrogen-bond acceptors (Lipinski definition) is 5. The summed E-state index contributed by atoms with van der Waals surface area (Å²) in [6.07, 6.45) is 6.21. The van der Waals surface area contributed by atoms with Gasteiger partial charge in [0.15, 0.2) is 0 Å². The second-order valence-electron chi connectivity index (χ2n) is 6.21. The zero-order valence-electron chi connectivity index (χ0n) is 14.2. The second-order valence-corrected chi connectivity index (χ2v) is 6.21. The van der Waals surface area contributed by atoms with Gasteiger partial charge in [-0.1, -0.05) is 24.3 Å². The number of nitrogens with zero attached hydrogens (tertiary/aromatic N) is 2. The summed E-state index contributed by atoms with van der Waals surface area (Å²) < 4.78 is 0. The van der Waals surface area contributed by atoms with E-state index in [1.165, 1.54) is 0 Å². The normalized spacial score (nSPS) is 18.3. The third kappa shape index (κ3) is 4.26. The highest BCUT2D eigenvalue weighted by Gasteiger charge is 2.20. The van der Waals surface area contributed by atoms with Crippen LogP contribution in [0.3, 0.4) is 0 Å². The van der Waals surface area contributed by atoms with Crippen LogP contribution in [0.4, 0.5) is 5.82 Å². The van der Waals surface area contributed by atoms with E-state index in [4.69, 9.17) is 10.4 Å². The van der Waals surface area contributed by atoms with Crippen LogP contribution < -0.4 is 10.6 Å². The molecule has 1 aromatic carbocycles. The largest absolute Gasteiger partial charge is 0.396 e. The molecule has 1 amide bonds. The minimum absolute atomic E-state index is 0.0480. The van der Waals surface area contributed by atoms with E-state index in [1.54, 1.807) is 24.4 Å². The molecule has 3 rings (SSSR count). The third-order valence-corrected chi connectivity index (χ3v) is 4.30. The molecule has 0 spiro atoms. The van der Waals surface area contributed by atoms with Crippen LogP contribution in [0.25, 0.3) is 0 Å². The topological polar surface area (TPSA) is 98.0 Å². The zero-order valence-corrected chi connectivity index (χ0v) is 14.2. The molecule has 1 aliphatic carbocycles. The fourth-order valence-electron chi connectivity index (χ4n) is 2.91. The summed E-state index contributed by atoms with van der Waals surface area (Å²) in [5.74, 6) is 0.496. The second kappa shape index (κ2) is 8.28. The number of benzene rings is 1. The van der Waals surface area contributed by atoms with Crippen molar-refractivity contribution >= 4 is 11.7 Å². The lowest BCUT2D eigenvalue weighted by molar-refractivity contribution is 0.0941. The minimum Gasteiger partial charge on any atom is -0.396 e. The Hall–Kier alpha value is -3.17. The van der Waals surface area contributed by atoms with E-state index in [9.17, 15) is 4.79 Å². The molecule has 0 radical (unpaired) electrons. The van der Waals surface area contributed by atoms with E-state index in [0.717, 1.165) is 12.0 Å². The number of pyridine rings is 1. The monoisotopic (exact) mass is 348 g/mol.